The quantitative estimate of drug-likeness (QED) is 0.726. The number of methoxy groups -OCH3 is 1. The molecule has 0 saturated carbocycles. The summed E-state index contributed by atoms with van der Waals surface area (Å²) in [5.74, 6) is -0.572. The number of ether oxygens (including phenoxy) is 2. The number of furan rings is 1. The highest BCUT2D eigenvalue weighted by molar-refractivity contribution is 5.86. The number of rotatable bonds is 6. The summed E-state index contributed by atoms with van der Waals surface area (Å²) in [7, 11) is 1.59. The van der Waals surface area contributed by atoms with Gasteiger partial charge in [0.05, 0.1) is 13.2 Å². The number of aryl methyl sites for hydroxylation is 1. The van der Waals surface area contributed by atoms with Crippen LogP contribution in [0.3, 0.4) is 0 Å². The summed E-state index contributed by atoms with van der Waals surface area (Å²) < 4.78 is 15.1. The maximum absolute atomic E-state index is 10.7. The molecule has 1 aromatic heterocycles. The molecule has 0 radical (unpaired) electrons. The Morgan fingerprint density at radius 2 is 2.27 bits per heavy atom. The first kappa shape index (κ1) is 11.7. The summed E-state index contributed by atoms with van der Waals surface area (Å²) >= 11 is 0. The Morgan fingerprint density at radius 1 is 1.53 bits per heavy atom. The smallest absolute Gasteiger partial charge is 0.372 e. The molecule has 1 heterocycles. The highest BCUT2D eigenvalue weighted by Crippen LogP contribution is 2.15. The molecule has 0 aliphatic carbocycles. The first-order valence-electron chi connectivity index (χ1n) is 4.54. The van der Waals surface area contributed by atoms with E-state index in [0.29, 0.717) is 24.5 Å². The molecule has 0 fully saturated rings. The highest BCUT2D eigenvalue weighted by atomic mass is 16.5. The van der Waals surface area contributed by atoms with E-state index in [4.69, 9.17) is 19.0 Å². The third-order valence-electron chi connectivity index (χ3n) is 1.84. The van der Waals surface area contributed by atoms with Crippen LogP contribution in [0.1, 0.15) is 21.9 Å². The Balaban J connectivity index is 2.48. The normalized spacial score (nSPS) is 10.5. The molecule has 0 aliphatic rings. The van der Waals surface area contributed by atoms with Gasteiger partial charge < -0.3 is 19.0 Å². The summed E-state index contributed by atoms with van der Waals surface area (Å²) in [6.07, 6.45) is 0. The molecule has 0 bridgehead atoms. The Labute approximate surface area is 87.6 Å². The molecule has 1 N–H and O–H groups in total. The second kappa shape index (κ2) is 5.53. The lowest BCUT2D eigenvalue weighted by Gasteiger charge is -1.99. The molecule has 84 valence electrons. The number of hydrogen-bond acceptors (Lipinski definition) is 4. The summed E-state index contributed by atoms with van der Waals surface area (Å²) in [6, 6.07) is 1.66. The van der Waals surface area contributed by atoms with Gasteiger partial charge in [-0.25, -0.2) is 4.79 Å². The summed E-state index contributed by atoms with van der Waals surface area (Å²) in [5, 5.41) is 8.73. The van der Waals surface area contributed by atoms with E-state index in [1.54, 1.807) is 20.1 Å². The largest absolute Gasteiger partial charge is 0.475 e. The van der Waals surface area contributed by atoms with Crippen LogP contribution in [-0.4, -0.2) is 31.4 Å². The molecule has 0 amide bonds. The maximum atomic E-state index is 10.7. The van der Waals surface area contributed by atoms with Gasteiger partial charge in [0.15, 0.2) is 0 Å². The topological polar surface area (TPSA) is 68.9 Å². The first-order valence-corrected chi connectivity index (χ1v) is 4.54. The van der Waals surface area contributed by atoms with Crippen LogP contribution < -0.4 is 0 Å². The minimum atomic E-state index is -1.06. The van der Waals surface area contributed by atoms with Crippen molar-refractivity contribution in [1.82, 2.24) is 0 Å². The molecule has 5 heteroatoms. The average Bonchev–Trinajstić information content (AvgIpc) is 2.55. The van der Waals surface area contributed by atoms with Crippen LogP contribution in [-0.2, 0) is 16.1 Å². The van der Waals surface area contributed by atoms with Crippen molar-refractivity contribution in [2.75, 3.05) is 20.3 Å². The van der Waals surface area contributed by atoms with Crippen molar-refractivity contribution < 1.29 is 23.8 Å². The van der Waals surface area contributed by atoms with E-state index in [9.17, 15) is 4.79 Å². The lowest BCUT2D eigenvalue weighted by atomic mass is 10.3. The third kappa shape index (κ3) is 3.38. The van der Waals surface area contributed by atoms with Crippen molar-refractivity contribution in [1.29, 1.82) is 0 Å². The van der Waals surface area contributed by atoms with Gasteiger partial charge in [0.25, 0.3) is 0 Å². The second-order valence-corrected chi connectivity index (χ2v) is 3.08. The summed E-state index contributed by atoms with van der Waals surface area (Å²) in [5.41, 5.74) is 0.604. The Hall–Kier alpha value is -1.33. The standard InChI is InChI=1S/C10H14O5/c1-7-5-8(6-14-4-3-13-2)15-9(7)10(11)12/h5H,3-4,6H2,1-2H3,(H,11,12). The molecule has 0 spiro atoms. The van der Waals surface area contributed by atoms with E-state index < -0.39 is 5.97 Å². The fourth-order valence-electron chi connectivity index (χ4n) is 1.15. The molecule has 1 rings (SSSR count). The van der Waals surface area contributed by atoms with Crippen molar-refractivity contribution in [2.24, 2.45) is 0 Å². The molecule has 15 heavy (non-hydrogen) atoms. The van der Waals surface area contributed by atoms with Gasteiger partial charge in [-0.2, -0.15) is 0 Å². The molecule has 1 aromatic rings. The predicted molar refractivity (Wildman–Crippen MR) is 51.9 cm³/mol. The monoisotopic (exact) mass is 214 g/mol. The fraction of sp³-hybridized carbons (Fsp3) is 0.500. The first-order chi connectivity index (χ1) is 7.15. The molecule has 0 atom stereocenters. The van der Waals surface area contributed by atoms with Gasteiger partial charge >= 0.3 is 5.97 Å². The van der Waals surface area contributed by atoms with Crippen LogP contribution >= 0.6 is 0 Å². The molecule has 0 saturated heterocycles. The van der Waals surface area contributed by atoms with Crippen LogP contribution in [0.4, 0.5) is 0 Å². The predicted octanol–water partition coefficient (Wildman–Crippen LogP) is 1.45. The molecule has 0 unspecified atom stereocenters. The van der Waals surface area contributed by atoms with Crippen molar-refractivity contribution in [3.05, 3.63) is 23.2 Å². The average molecular weight is 214 g/mol. The number of carbonyl (C=O) groups is 1. The van der Waals surface area contributed by atoms with E-state index in [2.05, 4.69) is 0 Å². The number of hydrogen-bond donors (Lipinski definition) is 1. The molecular weight excluding hydrogens is 200 g/mol. The van der Waals surface area contributed by atoms with Crippen LogP contribution in [0.15, 0.2) is 10.5 Å². The van der Waals surface area contributed by atoms with Crippen molar-refractivity contribution in [2.45, 2.75) is 13.5 Å². The zero-order chi connectivity index (χ0) is 11.3. The van der Waals surface area contributed by atoms with Crippen LogP contribution in [0.25, 0.3) is 0 Å². The van der Waals surface area contributed by atoms with Gasteiger partial charge in [-0.3, -0.25) is 0 Å². The van der Waals surface area contributed by atoms with Gasteiger partial charge in [-0.1, -0.05) is 0 Å². The molecule has 5 nitrogen and oxygen atoms in total. The van der Waals surface area contributed by atoms with E-state index >= 15 is 0 Å². The minimum Gasteiger partial charge on any atom is -0.475 e. The van der Waals surface area contributed by atoms with Crippen LogP contribution in [0, 0.1) is 6.92 Å². The zero-order valence-electron chi connectivity index (χ0n) is 8.78. The van der Waals surface area contributed by atoms with E-state index in [-0.39, 0.29) is 12.4 Å². The van der Waals surface area contributed by atoms with Gasteiger partial charge in [0, 0.05) is 12.7 Å². The van der Waals surface area contributed by atoms with E-state index in [1.165, 1.54) is 0 Å². The van der Waals surface area contributed by atoms with Crippen LogP contribution in [0.5, 0.6) is 0 Å². The SMILES string of the molecule is COCCOCc1cc(C)c(C(=O)O)o1. The second-order valence-electron chi connectivity index (χ2n) is 3.08. The minimum absolute atomic E-state index is 0.0275. The summed E-state index contributed by atoms with van der Waals surface area (Å²) in [4.78, 5) is 10.7. The maximum Gasteiger partial charge on any atom is 0.372 e. The van der Waals surface area contributed by atoms with Crippen molar-refractivity contribution in [3.63, 3.8) is 0 Å². The Kier molecular flexibility index (Phi) is 4.33. The summed E-state index contributed by atoms with van der Waals surface area (Å²) in [6.45, 7) is 2.91. The lowest BCUT2D eigenvalue weighted by molar-refractivity contribution is 0.0512. The van der Waals surface area contributed by atoms with Crippen molar-refractivity contribution >= 4 is 5.97 Å². The lowest BCUT2D eigenvalue weighted by Crippen LogP contribution is -2.01. The van der Waals surface area contributed by atoms with Gasteiger partial charge in [0.1, 0.15) is 12.4 Å². The number of carboxylic acids is 1. The van der Waals surface area contributed by atoms with Gasteiger partial charge in [0.2, 0.25) is 5.76 Å². The third-order valence-corrected chi connectivity index (χ3v) is 1.84. The van der Waals surface area contributed by atoms with Crippen LogP contribution in [0.2, 0.25) is 0 Å². The molecular formula is C10H14O5. The Morgan fingerprint density at radius 3 is 2.80 bits per heavy atom. The molecule has 0 aromatic carbocycles. The fourth-order valence-corrected chi connectivity index (χ4v) is 1.15. The van der Waals surface area contributed by atoms with Gasteiger partial charge in [-0.15, -0.1) is 0 Å². The van der Waals surface area contributed by atoms with E-state index in [0.717, 1.165) is 0 Å². The molecule has 0 aliphatic heterocycles. The number of aromatic carboxylic acids is 1. The van der Waals surface area contributed by atoms with E-state index in [1.807, 2.05) is 0 Å². The highest BCUT2D eigenvalue weighted by Gasteiger charge is 2.13. The number of carboxylic acid groups (broad SMARTS) is 1. The Bertz CT molecular complexity index is 329. The zero-order valence-corrected chi connectivity index (χ0v) is 8.78. The van der Waals surface area contributed by atoms with Crippen molar-refractivity contribution in [3.8, 4) is 0 Å². The van der Waals surface area contributed by atoms with Gasteiger partial charge in [-0.05, 0) is 13.0 Å².